The molecule has 5 heteroatoms. The van der Waals surface area contributed by atoms with E-state index in [0.717, 1.165) is 0 Å². The fourth-order valence-corrected chi connectivity index (χ4v) is 6.10. The van der Waals surface area contributed by atoms with Gasteiger partial charge in [-0.3, -0.25) is 0 Å². The average Bonchev–Trinajstić information content (AvgIpc) is 3.91. The molecule has 10 aromatic rings. The van der Waals surface area contributed by atoms with Gasteiger partial charge in [-0.15, -0.1) is 0 Å². The van der Waals surface area contributed by atoms with Gasteiger partial charge < -0.3 is 8.98 Å². The highest BCUT2D eigenvalue weighted by Crippen LogP contribution is 2.39. The summed E-state index contributed by atoms with van der Waals surface area (Å²) < 4.78 is 140. The van der Waals surface area contributed by atoms with Crippen LogP contribution in [-0.2, 0) is 0 Å². The summed E-state index contributed by atoms with van der Waals surface area (Å²) in [6.45, 7) is 0. The Hall–Kier alpha value is -6.85. The SMILES string of the molecule is [2H]c1c([2H])c([2H])c2c(oc3c([2H])c([2H])c(-c4ccc(-c5nc(-c6ccccc6)nc(-c6ccccc6)n5)c(-n5c6c([2H])c([2H])c([2H])c([2H])c6c6c([2H])c([2H])c([2H])c([2H])c65)c4)c([2H])c32)c1[2H]. The summed E-state index contributed by atoms with van der Waals surface area (Å²) in [5.41, 5.74) is 0.240. The molecule has 0 radical (unpaired) electrons. The average molecular weight is 656 g/mol. The smallest absolute Gasteiger partial charge is 0.166 e. The molecule has 3 heterocycles. The summed E-state index contributed by atoms with van der Waals surface area (Å²) in [4.78, 5) is 14.6. The molecule has 0 fully saturated rings. The van der Waals surface area contributed by atoms with Crippen LogP contribution in [-0.4, -0.2) is 19.5 Å². The highest BCUT2D eigenvalue weighted by Gasteiger charge is 2.20. The van der Waals surface area contributed by atoms with E-state index in [0.29, 0.717) is 11.1 Å². The number of hydrogen-bond acceptors (Lipinski definition) is 4. The summed E-state index contributed by atoms with van der Waals surface area (Å²) in [6, 6.07) is 14.0. The van der Waals surface area contributed by atoms with Crippen LogP contribution in [0.1, 0.15) is 20.6 Å². The van der Waals surface area contributed by atoms with Gasteiger partial charge in [0.1, 0.15) is 11.2 Å². The highest BCUT2D eigenvalue weighted by atomic mass is 16.3. The number of rotatable bonds is 5. The summed E-state index contributed by atoms with van der Waals surface area (Å²) in [5.74, 6) is 0.526. The Labute approximate surface area is 308 Å². The van der Waals surface area contributed by atoms with Crippen molar-refractivity contribution >= 4 is 43.7 Å². The minimum Gasteiger partial charge on any atom is -0.456 e. The second kappa shape index (κ2) is 11.4. The van der Waals surface area contributed by atoms with Gasteiger partial charge in [0.05, 0.1) is 37.3 Å². The van der Waals surface area contributed by atoms with Crippen LogP contribution in [0.5, 0.6) is 0 Å². The molecule has 0 aliphatic carbocycles. The third-order valence-electron chi connectivity index (χ3n) is 8.39. The molecular formula is C45H28N4O. The van der Waals surface area contributed by atoms with E-state index in [4.69, 9.17) is 34.4 Å². The monoisotopic (exact) mass is 655 g/mol. The number of benzene rings is 7. The van der Waals surface area contributed by atoms with Crippen LogP contribution in [0, 0.1) is 0 Å². The van der Waals surface area contributed by atoms with Crippen molar-refractivity contribution in [3.05, 3.63) is 169 Å². The van der Waals surface area contributed by atoms with Gasteiger partial charge in [-0.25, -0.2) is 15.0 Å². The first-order chi connectivity index (χ1) is 31.0. The fourth-order valence-electron chi connectivity index (χ4n) is 6.10. The van der Waals surface area contributed by atoms with E-state index >= 15 is 0 Å². The van der Waals surface area contributed by atoms with E-state index in [1.165, 1.54) is 22.8 Å². The van der Waals surface area contributed by atoms with Gasteiger partial charge in [-0.05, 0) is 53.5 Å². The van der Waals surface area contributed by atoms with Crippen LogP contribution in [0.2, 0.25) is 0 Å². The molecule has 0 aliphatic heterocycles. The van der Waals surface area contributed by atoms with Crippen molar-refractivity contribution in [2.45, 2.75) is 0 Å². The van der Waals surface area contributed by atoms with Crippen molar-refractivity contribution < 1.29 is 25.0 Å². The van der Waals surface area contributed by atoms with Crippen LogP contribution >= 0.6 is 0 Å². The Bertz CT molecular complexity index is 3590. The molecule has 0 unspecified atom stereocenters. The Morgan fingerprint density at radius 2 is 1.02 bits per heavy atom. The van der Waals surface area contributed by atoms with Gasteiger partial charge in [0.25, 0.3) is 0 Å². The van der Waals surface area contributed by atoms with Gasteiger partial charge >= 0.3 is 0 Å². The topological polar surface area (TPSA) is 56.7 Å². The first-order valence-corrected chi connectivity index (χ1v) is 15.5. The Balaban J connectivity index is 1.40. The van der Waals surface area contributed by atoms with E-state index in [9.17, 15) is 5.48 Å². The molecule has 7 aromatic carbocycles. The molecule has 0 aliphatic rings. The van der Waals surface area contributed by atoms with Crippen LogP contribution in [0.25, 0.3) is 94.7 Å². The molecule has 234 valence electrons. The molecule has 5 nitrogen and oxygen atoms in total. The number of furan rings is 1. The lowest BCUT2D eigenvalue weighted by atomic mass is 9.99. The van der Waals surface area contributed by atoms with Crippen molar-refractivity contribution in [2.24, 2.45) is 0 Å². The quantitative estimate of drug-likeness (QED) is 0.185. The van der Waals surface area contributed by atoms with Gasteiger partial charge in [0.2, 0.25) is 0 Å². The van der Waals surface area contributed by atoms with Crippen molar-refractivity contribution in [3.63, 3.8) is 0 Å². The molecule has 0 spiro atoms. The molecule has 0 bridgehead atoms. The van der Waals surface area contributed by atoms with Crippen LogP contribution in [0.15, 0.2) is 174 Å². The number of aromatic nitrogens is 4. The van der Waals surface area contributed by atoms with E-state index < -0.39 is 90.6 Å². The minimum absolute atomic E-state index is 0.00817. The van der Waals surface area contributed by atoms with Crippen molar-refractivity contribution in [1.82, 2.24) is 19.5 Å². The largest absolute Gasteiger partial charge is 0.456 e. The van der Waals surface area contributed by atoms with Crippen LogP contribution in [0.3, 0.4) is 0 Å². The van der Waals surface area contributed by atoms with Crippen molar-refractivity contribution in [2.75, 3.05) is 0 Å². The van der Waals surface area contributed by atoms with Gasteiger partial charge in [-0.1, -0.05) is 127 Å². The zero-order valence-electron chi connectivity index (χ0n) is 40.7. The Morgan fingerprint density at radius 1 is 0.460 bits per heavy atom. The molecule has 0 saturated carbocycles. The maximum Gasteiger partial charge on any atom is 0.166 e. The summed E-state index contributed by atoms with van der Waals surface area (Å²) >= 11 is 0. The first kappa shape index (κ1) is 17.0. The van der Waals surface area contributed by atoms with E-state index in [1.54, 1.807) is 24.3 Å². The van der Waals surface area contributed by atoms with Crippen LogP contribution in [0.4, 0.5) is 0 Å². The minimum atomic E-state index is -0.653. The Kier molecular flexibility index (Phi) is 3.87. The van der Waals surface area contributed by atoms with Crippen molar-refractivity contribution in [1.29, 1.82) is 0 Å². The highest BCUT2D eigenvalue weighted by molar-refractivity contribution is 6.10. The first-order valence-electron chi connectivity index (χ1n) is 23.0. The second-order valence-corrected chi connectivity index (χ2v) is 11.3. The molecule has 3 aromatic heterocycles. The normalized spacial score (nSPS) is 15.8. The number of hydrogen-bond donors (Lipinski definition) is 0. The standard InChI is InChI=1S/C45H28N4O/c1-3-13-29(14-4-1)43-46-44(30-15-5-2-6-16-30)48-45(47-43)36-25-23-32(31-24-26-42-37(27-31)35-19-9-12-22-41(35)50-42)28-40(36)49-38-20-10-7-17-33(38)34-18-8-11-21-39(34)49/h1-28H/i7D,8D,9D,10D,11D,12D,17D,18D,19D,20D,21D,22D,24D,26D,27D. The molecule has 10 rings (SSSR count). The zero-order chi connectivity index (χ0) is 46.1. The van der Waals surface area contributed by atoms with Gasteiger partial charge in [-0.2, -0.15) is 0 Å². The molecular weight excluding hydrogens is 613 g/mol. The predicted molar refractivity (Wildman–Crippen MR) is 203 cm³/mol. The number of para-hydroxylation sites is 3. The third kappa shape index (κ3) is 4.60. The lowest BCUT2D eigenvalue weighted by Crippen LogP contribution is -2.04. The number of fused-ring (bicyclic) bond motifs is 6. The van der Waals surface area contributed by atoms with Gasteiger partial charge in [0, 0.05) is 38.2 Å². The number of nitrogens with zero attached hydrogens (tertiary/aromatic N) is 4. The summed E-state index contributed by atoms with van der Waals surface area (Å²) in [5, 5.41) is -0.706. The lowest BCUT2D eigenvalue weighted by molar-refractivity contribution is 0.669. The second-order valence-electron chi connectivity index (χ2n) is 11.3. The van der Waals surface area contributed by atoms with Crippen LogP contribution < -0.4 is 0 Å². The van der Waals surface area contributed by atoms with E-state index in [1.807, 2.05) is 36.4 Å². The predicted octanol–water partition coefficient (Wildman–Crippen LogP) is 11.5. The van der Waals surface area contributed by atoms with Gasteiger partial charge in [0.15, 0.2) is 17.5 Å². The third-order valence-corrected chi connectivity index (χ3v) is 8.39. The molecule has 0 N–H and O–H groups in total. The van der Waals surface area contributed by atoms with E-state index in [2.05, 4.69) is 0 Å². The molecule has 0 amide bonds. The molecule has 0 atom stereocenters. The molecule has 0 saturated heterocycles. The van der Waals surface area contributed by atoms with E-state index in [-0.39, 0.29) is 83.6 Å². The zero-order valence-corrected chi connectivity index (χ0v) is 25.7. The summed E-state index contributed by atoms with van der Waals surface area (Å²) in [6.07, 6.45) is 0. The Morgan fingerprint density at radius 3 is 1.68 bits per heavy atom. The molecule has 50 heavy (non-hydrogen) atoms. The lowest BCUT2D eigenvalue weighted by Gasteiger charge is -2.16. The van der Waals surface area contributed by atoms with Crippen molar-refractivity contribution in [3.8, 4) is 51.0 Å². The summed E-state index contributed by atoms with van der Waals surface area (Å²) in [7, 11) is 0. The maximum atomic E-state index is 9.55. The fraction of sp³-hybridized carbons (Fsp3) is 0. The maximum absolute atomic E-state index is 9.55.